The minimum atomic E-state index is -0.0443. The first kappa shape index (κ1) is 39.4. The van der Waals surface area contributed by atoms with E-state index in [-0.39, 0.29) is 10.8 Å². The minimum absolute atomic E-state index is 0.0443. The number of rotatable bonds is 7. The summed E-state index contributed by atoms with van der Waals surface area (Å²) in [5.41, 5.74) is 30.3. The van der Waals surface area contributed by atoms with Gasteiger partial charge < -0.3 is 0 Å². The highest BCUT2D eigenvalue weighted by molar-refractivity contribution is 5.93. The molecule has 0 aliphatic heterocycles. The van der Waals surface area contributed by atoms with Gasteiger partial charge in [0.1, 0.15) is 0 Å². The topological polar surface area (TPSA) is 0 Å². The average Bonchev–Trinajstić information content (AvgIpc) is 3.65. The van der Waals surface area contributed by atoms with Crippen molar-refractivity contribution in [3.8, 4) is 77.9 Å². The number of fused-ring (bicyclic) bond motifs is 6. The molecule has 0 heteroatoms. The Kier molecular flexibility index (Phi) is 9.01. The zero-order valence-electron chi connectivity index (χ0n) is 38.4. The second-order valence-electron chi connectivity index (χ2n) is 20.7. The van der Waals surface area contributed by atoms with Crippen LogP contribution in [0.25, 0.3) is 77.9 Å². The molecule has 314 valence electrons. The van der Waals surface area contributed by atoms with E-state index in [4.69, 9.17) is 0 Å². The van der Waals surface area contributed by atoms with Crippen LogP contribution in [0.2, 0.25) is 0 Å². The van der Waals surface area contributed by atoms with E-state index in [1.165, 1.54) is 161 Å². The van der Waals surface area contributed by atoms with Crippen molar-refractivity contribution in [2.75, 3.05) is 0 Å². The van der Waals surface area contributed by atoms with Crippen LogP contribution in [0.1, 0.15) is 123 Å². The molecule has 0 saturated heterocycles. The van der Waals surface area contributed by atoms with Crippen LogP contribution in [-0.2, 0) is 10.8 Å². The number of hydrogen-bond donors (Lipinski definition) is 0. The molecule has 8 aromatic rings. The highest BCUT2D eigenvalue weighted by Gasteiger charge is 2.37. The molecule has 4 aliphatic carbocycles. The second kappa shape index (κ2) is 14.6. The first-order chi connectivity index (χ1) is 31.1. The molecule has 0 N–H and O–H groups in total. The van der Waals surface area contributed by atoms with Gasteiger partial charge in [0.2, 0.25) is 0 Å². The van der Waals surface area contributed by atoms with Crippen LogP contribution < -0.4 is 0 Å². The quantitative estimate of drug-likeness (QED) is 0.150. The summed E-state index contributed by atoms with van der Waals surface area (Å²) in [6.45, 7) is 14.4. The molecule has 0 heterocycles. The van der Waals surface area contributed by atoms with Gasteiger partial charge in [0, 0.05) is 10.8 Å². The van der Waals surface area contributed by atoms with Crippen molar-refractivity contribution in [3.05, 3.63) is 202 Å². The van der Waals surface area contributed by atoms with Crippen molar-refractivity contribution in [2.24, 2.45) is 0 Å². The van der Waals surface area contributed by atoms with Crippen molar-refractivity contribution in [2.45, 2.75) is 103 Å². The van der Waals surface area contributed by atoms with Crippen molar-refractivity contribution >= 4 is 0 Å². The van der Waals surface area contributed by atoms with Crippen LogP contribution in [0.5, 0.6) is 0 Å². The van der Waals surface area contributed by atoms with E-state index in [1.54, 1.807) is 0 Å². The van der Waals surface area contributed by atoms with Gasteiger partial charge in [-0.15, -0.1) is 0 Å². The largest absolute Gasteiger partial charge is 0.0622 e. The molecular weight excluding hydrogens is 769 g/mol. The first-order valence-electron chi connectivity index (χ1n) is 24.1. The van der Waals surface area contributed by atoms with E-state index in [1.807, 2.05) is 0 Å². The van der Waals surface area contributed by atoms with Crippen molar-refractivity contribution in [1.82, 2.24) is 0 Å². The molecule has 64 heavy (non-hydrogen) atoms. The molecule has 0 spiro atoms. The summed E-state index contributed by atoms with van der Waals surface area (Å²) in [5.74, 6) is 1.18. The van der Waals surface area contributed by atoms with Gasteiger partial charge in [-0.1, -0.05) is 168 Å². The molecule has 0 amide bonds. The Morgan fingerprint density at radius 3 is 1.16 bits per heavy atom. The maximum Gasteiger partial charge on any atom is 0.0159 e. The monoisotopic (exact) mass is 826 g/mol. The van der Waals surface area contributed by atoms with Crippen molar-refractivity contribution in [1.29, 1.82) is 0 Å². The highest BCUT2D eigenvalue weighted by Crippen LogP contribution is 2.53. The zero-order valence-corrected chi connectivity index (χ0v) is 38.4. The Morgan fingerprint density at radius 2 is 0.719 bits per heavy atom. The lowest BCUT2D eigenvalue weighted by molar-refractivity contribution is 0.420. The van der Waals surface area contributed by atoms with Crippen LogP contribution in [0.15, 0.2) is 158 Å². The van der Waals surface area contributed by atoms with Gasteiger partial charge in [-0.3, -0.25) is 0 Å². The maximum absolute atomic E-state index is 2.62. The molecule has 2 saturated carbocycles. The number of benzene rings is 8. The molecule has 0 nitrogen and oxygen atoms in total. The second-order valence-corrected chi connectivity index (χ2v) is 20.7. The summed E-state index contributed by atoms with van der Waals surface area (Å²) in [7, 11) is 0. The summed E-state index contributed by atoms with van der Waals surface area (Å²) >= 11 is 0. The maximum atomic E-state index is 2.62. The van der Waals surface area contributed by atoms with Crippen LogP contribution in [-0.4, -0.2) is 0 Å². The van der Waals surface area contributed by atoms with E-state index in [0.717, 1.165) is 0 Å². The zero-order chi connectivity index (χ0) is 43.5. The van der Waals surface area contributed by atoms with Crippen molar-refractivity contribution in [3.63, 3.8) is 0 Å². The molecule has 2 fully saturated rings. The average molecular weight is 827 g/mol. The molecule has 0 aromatic heterocycles. The van der Waals surface area contributed by atoms with Crippen molar-refractivity contribution < 1.29 is 0 Å². The fourth-order valence-electron chi connectivity index (χ4n) is 12.4. The van der Waals surface area contributed by atoms with E-state index in [0.29, 0.717) is 11.8 Å². The standard InChI is InChI=1S/C64H58/c1-39-54(56-34-44(26-30-48(56)41-18-14-19-41)46-28-32-52-50-22-10-12-24-58(50)63(3,4)60(52)36-46)38-55(40(2)62(39)43-16-8-7-9-17-43)57-35-45(27-31-49(57)42-20-15-21-42)47-29-33-53-51-23-11-13-25-59(51)64(5,6)61(53)37-47/h7-13,16-17,22-38,41-42H,14-15,18-21H2,1-6H3. The molecule has 8 aromatic carbocycles. The summed E-state index contributed by atoms with van der Waals surface area (Å²) in [5, 5.41) is 0. The molecule has 0 atom stereocenters. The fourth-order valence-corrected chi connectivity index (χ4v) is 12.4. The Morgan fingerprint density at radius 1 is 0.328 bits per heavy atom. The predicted octanol–water partition coefficient (Wildman–Crippen LogP) is 17.8. The van der Waals surface area contributed by atoms with Crippen LogP contribution in [0, 0.1) is 13.8 Å². The smallest absolute Gasteiger partial charge is 0.0159 e. The minimum Gasteiger partial charge on any atom is -0.0622 e. The van der Waals surface area contributed by atoms with Gasteiger partial charge in [-0.05, 0) is 204 Å². The molecule has 0 radical (unpaired) electrons. The molecule has 0 bridgehead atoms. The van der Waals surface area contributed by atoms with E-state index in [2.05, 4.69) is 199 Å². The third-order valence-electron chi connectivity index (χ3n) is 16.5. The predicted molar refractivity (Wildman–Crippen MR) is 271 cm³/mol. The highest BCUT2D eigenvalue weighted by atomic mass is 14.4. The van der Waals surface area contributed by atoms with Gasteiger partial charge in [0.25, 0.3) is 0 Å². The van der Waals surface area contributed by atoms with E-state index in [9.17, 15) is 0 Å². The third-order valence-corrected chi connectivity index (χ3v) is 16.5. The summed E-state index contributed by atoms with van der Waals surface area (Å²) in [6, 6.07) is 61.3. The van der Waals surface area contributed by atoms with Gasteiger partial charge >= 0.3 is 0 Å². The Balaban J connectivity index is 1.06. The summed E-state index contributed by atoms with van der Waals surface area (Å²) in [4.78, 5) is 0. The molecular formula is C64H58. The normalized spacial score (nSPS) is 16.7. The molecule has 12 rings (SSSR count). The summed E-state index contributed by atoms with van der Waals surface area (Å²) in [6.07, 6.45) is 7.66. The Labute approximate surface area is 381 Å². The SMILES string of the molecule is Cc1c(-c2cc(-c3ccc4c(c3)C(C)(C)c3ccccc3-4)ccc2C2CCC2)cc(-c2cc(-c3ccc4c(c3)C(C)(C)c3ccccc3-4)ccc2C2CCC2)c(C)c1-c1ccccc1. The lowest BCUT2D eigenvalue weighted by Crippen LogP contribution is -2.15. The third kappa shape index (κ3) is 5.94. The lowest BCUT2D eigenvalue weighted by Gasteiger charge is -2.31. The lowest BCUT2D eigenvalue weighted by atomic mass is 9.73. The van der Waals surface area contributed by atoms with Crippen LogP contribution in [0.4, 0.5) is 0 Å². The Bertz CT molecular complexity index is 2990. The van der Waals surface area contributed by atoms with E-state index < -0.39 is 0 Å². The van der Waals surface area contributed by atoms with Gasteiger partial charge in [0.05, 0.1) is 0 Å². The van der Waals surface area contributed by atoms with Crippen LogP contribution >= 0.6 is 0 Å². The van der Waals surface area contributed by atoms with Gasteiger partial charge in [-0.25, -0.2) is 0 Å². The summed E-state index contributed by atoms with van der Waals surface area (Å²) < 4.78 is 0. The number of hydrogen-bond acceptors (Lipinski definition) is 0. The first-order valence-corrected chi connectivity index (χ1v) is 24.1. The molecule has 0 unspecified atom stereocenters. The fraction of sp³-hybridized carbons (Fsp3) is 0.250. The van der Waals surface area contributed by atoms with E-state index >= 15 is 0 Å². The Hall–Kier alpha value is -6.24. The van der Waals surface area contributed by atoms with Gasteiger partial charge in [0.15, 0.2) is 0 Å². The van der Waals surface area contributed by atoms with Crippen LogP contribution in [0.3, 0.4) is 0 Å². The van der Waals surface area contributed by atoms with Gasteiger partial charge in [-0.2, -0.15) is 0 Å². The molecule has 4 aliphatic rings.